The molecule has 0 saturated carbocycles. The highest BCUT2D eigenvalue weighted by Crippen LogP contribution is 2.34. The number of hydrogen-bond acceptors (Lipinski definition) is 7. The maximum Gasteiger partial charge on any atom is 0.321 e. The molecule has 6 N–H and O–H groups in total. The summed E-state index contributed by atoms with van der Waals surface area (Å²) < 4.78 is 0. The van der Waals surface area contributed by atoms with Crippen LogP contribution in [0.4, 0.5) is 0 Å². The van der Waals surface area contributed by atoms with E-state index < -0.39 is 41.8 Å². The highest BCUT2D eigenvalue weighted by atomic mass is 32.2. The lowest BCUT2D eigenvalue weighted by molar-refractivity contribution is -0.139. The van der Waals surface area contributed by atoms with Crippen LogP contribution in [0.15, 0.2) is 0 Å². The van der Waals surface area contributed by atoms with E-state index in [1.54, 1.807) is 6.92 Å². The summed E-state index contributed by atoms with van der Waals surface area (Å²) >= 11 is 1.15. The van der Waals surface area contributed by atoms with Crippen molar-refractivity contribution in [3.05, 3.63) is 0 Å². The molecule has 1 aliphatic heterocycles. The second-order valence-electron chi connectivity index (χ2n) is 4.14. The molecule has 0 aromatic heterocycles. The lowest BCUT2D eigenvalue weighted by Crippen LogP contribution is -2.57. The molecule has 4 unspecified atom stereocenters. The van der Waals surface area contributed by atoms with E-state index in [1.165, 1.54) is 0 Å². The lowest BCUT2D eigenvalue weighted by atomic mass is 10.0. The second kappa shape index (κ2) is 5.51. The molecule has 0 aromatic rings. The Morgan fingerprint density at radius 3 is 2.53 bits per heavy atom. The molecule has 1 fully saturated rings. The maximum atomic E-state index is 10.8. The van der Waals surface area contributed by atoms with Crippen LogP contribution in [0.3, 0.4) is 0 Å². The zero-order chi connectivity index (χ0) is 13.2. The van der Waals surface area contributed by atoms with Gasteiger partial charge >= 0.3 is 5.97 Å². The molecule has 100 valence electrons. The van der Waals surface area contributed by atoms with Crippen molar-refractivity contribution in [3.63, 3.8) is 0 Å². The number of carbonyl (C=O) groups is 1. The van der Waals surface area contributed by atoms with Crippen molar-refractivity contribution < 1.29 is 30.3 Å². The monoisotopic (exact) mass is 267 g/mol. The minimum absolute atomic E-state index is 0.255. The fourth-order valence-electron chi connectivity index (χ4n) is 1.63. The van der Waals surface area contributed by atoms with Crippen LogP contribution < -0.4 is 5.32 Å². The van der Waals surface area contributed by atoms with Crippen LogP contribution in [0.1, 0.15) is 6.92 Å². The number of rotatable bonds is 5. The molecule has 0 amide bonds. The van der Waals surface area contributed by atoms with Crippen LogP contribution in [0, 0.1) is 0 Å². The third kappa shape index (κ3) is 3.09. The van der Waals surface area contributed by atoms with Gasteiger partial charge < -0.3 is 25.5 Å². The van der Waals surface area contributed by atoms with E-state index in [0.29, 0.717) is 0 Å². The summed E-state index contributed by atoms with van der Waals surface area (Å²) in [6.07, 6.45) is -4.40. The summed E-state index contributed by atoms with van der Waals surface area (Å²) in [6, 6.07) is -0.807. The zero-order valence-corrected chi connectivity index (χ0v) is 10.1. The summed E-state index contributed by atoms with van der Waals surface area (Å²) in [5.74, 6) is -0.782. The van der Waals surface area contributed by atoms with Crippen molar-refractivity contribution in [3.8, 4) is 0 Å². The van der Waals surface area contributed by atoms with E-state index >= 15 is 0 Å². The molecule has 0 radical (unpaired) electrons. The first-order chi connectivity index (χ1) is 7.81. The lowest BCUT2D eigenvalue weighted by Gasteiger charge is -2.34. The van der Waals surface area contributed by atoms with Gasteiger partial charge in [0.1, 0.15) is 24.4 Å². The molecule has 1 heterocycles. The van der Waals surface area contributed by atoms with Crippen LogP contribution in [-0.2, 0) is 4.79 Å². The van der Waals surface area contributed by atoms with E-state index in [0.717, 1.165) is 11.8 Å². The fraction of sp³-hybridized carbons (Fsp3) is 0.889. The van der Waals surface area contributed by atoms with Gasteiger partial charge in [0.25, 0.3) is 0 Å². The topological polar surface area (TPSA) is 130 Å². The predicted octanol–water partition coefficient (Wildman–Crippen LogP) is -2.43. The van der Waals surface area contributed by atoms with Gasteiger partial charge in [-0.3, -0.25) is 10.1 Å². The molecule has 17 heavy (non-hydrogen) atoms. The van der Waals surface area contributed by atoms with Crippen molar-refractivity contribution in [1.82, 2.24) is 5.32 Å². The first-order valence-electron chi connectivity index (χ1n) is 5.11. The van der Waals surface area contributed by atoms with Gasteiger partial charge in [0.2, 0.25) is 0 Å². The number of thioether (sulfide) groups is 1. The Kier molecular flexibility index (Phi) is 4.76. The van der Waals surface area contributed by atoms with E-state index in [4.69, 9.17) is 10.2 Å². The molecule has 1 saturated heterocycles. The Hall–Kier alpha value is -0.380. The molecule has 0 aliphatic carbocycles. The standard InChI is InChI=1S/C9H17NO6S/c1-9(7(14)6(13)5(12)2-11)10-4(3-17-9)8(15)16/h4-7,10-14H,2-3H2,1H3,(H,15,16)/t4-,5?,6?,7?,9?/m0/s1. The third-order valence-electron chi connectivity index (χ3n) is 2.78. The highest BCUT2D eigenvalue weighted by molar-refractivity contribution is 8.01. The Labute approximate surface area is 102 Å². The number of carboxylic acids is 1. The SMILES string of the molecule is CC1(C(O)C(O)C(O)CO)N[C@H](C(=O)O)CS1. The Morgan fingerprint density at radius 2 is 2.12 bits per heavy atom. The summed E-state index contributed by atoms with van der Waals surface area (Å²) in [7, 11) is 0. The van der Waals surface area contributed by atoms with E-state index in [9.17, 15) is 20.1 Å². The smallest absolute Gasteiger partial charge is 0.321 e. The molecule has 0 bridgehead atoms. The minimum atomic E-state index is -1.54. The van der Waals surface area contributed by atoms with Crippen molar-refractivity contribution in [2.45, 2.75) is 36.1 Å². The number of aliphatic hydroxyl groups is 4. The maximum absolute atomic E-state index is 10.8. The molecule has 1 rings (SSSR count). The molecule has 5 atom stereocenters. The number of aliphatic carboxylic acids is 1. The summed E-state index contributed by atoms with van der Waals surface area (Å²) in [4.78, 5) is 9.69. The van der Waals surface area contributed by atoms with Crippen molar-refractivity contribution >= 4 is 17.7 Å². The number of nitrogens with one attached hydrogen (secondary N) is 1. The van der Waals surface area contributed by atoms with Crippen molar-refractivity contribution in [1.29, 1.82) is 0 Å². The van der Waals surface area contributed by atoms with E-state index in [1.807, 2.05) is 0 Å². The molecular formula is C9H17NO6S. The summed E-state index contributed by atoms with van der Waals surface area (Å²) in [5.41, 5.74) is 0. The van der Waals surface area contributed by atoms with Gasteiger partial charge in [-0.15, -0.1) is 11.8 Å². The van der Waals surface area contributed by atoms with Gasteiger partial charge in [-0.25, -0.2) is 0 Å². The average Bonchev–Trinajstić information content (AvgIpc) is 2.70. The second-order valence-corrected chi connectivity index (χ2v) is 5.61. The van der Waals surface area contributed by atoms with Gasteiger partial charge in [-0.2, -0.15) is 0 Å². The Bertz CT molecular complexity index is 291. The number of carboxylic acid groups (broad SMARTS) is 1. The quantitative estimate of drug-likeness (QED) is 0.324. The first kappa shape index (κ1) is 14.7. The Morgan fingerprint density at radius 1 is 1.53 bits per heavy atom. The largest absolute Gasteiger partial charge is 0.480 e. The average molecular weight is 267 g/mol. The van der Waals surface area contributed by atoms with Crippen LogP contribution in [0.2, 0.25) is 0 Å². The third-order valence-corrected chi connectivity index (χ3v) is 4.24. The molecule has 1 aliphatic rings. The molecule has 8 heteroatoms. The van der Waals surface area contributed by atoms with Crippen LogP contribution in [0.5, 0.6) is 0 Å². The summed E-state index contributed by atoms with van der Waals surface area (Å²) in [6.45, 7) is 0.861. The van der Waals surface area contributed by atoms with Gasteiger partial charge in [-0.05, 0) is 6.92 Å². The van der Waals surface area contributed by atoms with Gasteiger partial charge in [-0.1, -0.05) is 0 Å². The molecular weight excluding hydrogens is 250 g/mol. The van der Waals surface area contributed by atoms with E-state index in [-0.39, 0.29) is 5.75 Å². The predicted molar refractivity (Wildman–Crippen MR) is 60.5 cm³/mol. The minimum Gasteiger partial charge on any atom is -0.480 e. The number of aliphatic hydroxyl groups excluding tert-OH is 4. The highest BCUT2D eigenvalue weighted by Gasteiger charge is 2.47. The first-order valence-corrected chi connectivity index (χ1v) is 6.10. The van der Waals surface area contributed by atoms with Crippen LogP contribution in [-0.4, -0.2) is 73.1 Å². The van der Waals surface area contributed by atoms with Gasteiger partial charge in [0.05, 0.1) is 11.5 Å². The zero-order valence-electron chi connectivity index (χ0n) is 9.28. The molecule has 0 spiro atoms. The normalized spacial score (nSPS) is 34.3. The van der Waals surface area contributed by atoms with Crippen LogP contribution >= 0.6 is 11.8 Å². The molecule has 7 nitrogen and oxygen atoms in total. The van der Waals surface area contributed by atoms with Gasteiger partial charge in [0.15, 0.2) is 0 Å². The molecule has 0 aromatic carbocycles. The van der Waals surface area contributed by atoms with Crippen molar-refractivity contribution in [2.75, 3.05) is 12.4 Å². The van der Waals surface area contributed by atoms with E-state index in [2.05, 4.69) is 5.32 Å². The fourth-order valence-corrected chi connectivity index (χ4v) is 2.91. The Balaban J connectivity index is 2.69. The summed E-state index contributed by atoms with van der Waals surface area (Å²) in [5, 5.41) is 48.9. The van der Waals surface area contributed by atoms with Gasteiger partial charge in [0, 0.05) is 5.75 Å². The number of hydrogen-bond donors (Lipinski definition) is 6. The van der Waals surface area contributed by atoms with Crippen molar-refractivity contribution in [2.24, 2.45) is 0 Å². The van der Waals surface area contributed by atoms with Crippen LogP contribution in [0.25, 0.3) is 0 Å².